The summed E-state index contributed by atoms with van der Waals surface area (Å²) in [5, 5.41) is 4.31. The summed E-state index contributed by atoms with van der Waals surface area (Å²) in [5.41, 5.74) is 7.60. The number of nitrogens with two attached hydrogens (primary N) is 1. The quantitative estimate of drug-likeness (QED) is 0.886. The van der Waals surface area contributed by atoms with Crippen LogP contribution in [0.3, 0.4) is 0 Å². The van der Waals surface area contributed by atoms with Crippen molar-refractivity contribution in [2.24, 2.45) is 10.7 Å². The third-order valence-electron chi connectivity index (χ3n) is 3.38. The van der Waals surface area contributed by atoms with Crippen molar-refractivity contribution < 1.29 is 4.79 Å². The van der Waals surface area contributed by atoms with E-state index in [-0.39, 0.29) is 17.9 Å². The van der Waals surface area contributed by atoms with E-state index in [0.717, 1.165) is 11.3 Å². The highest BCUT2D eigenvalue weighted by molar-refractivity contribution is 5.98. The van der Waals surface area contributed by atoms with E-state index in [2.05, 4.69) is 10.1 Å². The van der Waals surface area contributed by atoms with Crippen LogP contribution in [0.5, 0.6) is 0 Å². The molecule has 1 aromatic heterocycles. The number of rotatable bonds is 2. The maximum atomic E-state index is 11.8. The Bertz CT molecular complexity index is 661. The Morgan fingerprint density at radius 2 is 2.05 bits per heavy atom. The lowest BCUT2D eigenvalue weighted by Gasteiger charge is -2.24. The molecule has 0 bridgehead atoms. The van der Waals surface area contributed by atoms with Crippen molar-refractivity contribution in [3.8, 4) is 5.69 Å². The van der Waals surface area contributed by atoms with Crippen LogP contribution < -0.4 is 5.73 Å². The summed E-state index contributed by atoms with van der Waals surface area (Å²) >= 11 is 0. The van der Waals surface area contributed by atoms with Gasteiger partial charge in [0.25, 0.3) is 0 Å². The van der Waals surface area contributed by atoms with Gasteiger partial charge in [0.05, 0.1) is 24.3 Å². The normalized spacial score (nSPS) is 19.1. The molecule has 2 aromatic rings. The minimum atomic E-state index is -0.254. The minimum Gasteiger partial charge on any atom is -0.369 e. The second kappa shape index (κ2) is 4.80. The van der Waals surface area contributed by atoms with Gasteiger partial charge in [-0.1, -0.05) is 18.2 Å². The highest BCUT2D eigenvalue weighted by Crippen LogP contribution is 2.25. The average molecular weight is 269 g/mol. The molecule has 1 amide bonds. The molecule has 0 unspecified atom stereocenters. The smallest absolute Gasteiger partial charge is 0.231 e. The molecule has 0 saturated carbocycles. The topological polar surface area (TPSA) is 76.5 Å². The molecule has 1 atom stereocenters. The van der Waals surface area contributed by atoms with Gasteiger partial charge < -0.3 is 5.73 Å². The number of carbonyl (C=O) groups excluding carboxylic acids is 1. The van der Waals surface area contributed by atoms with Crippen molar-refractivity contribution in [2.75, 3.05) is 7.05 Å². The fourth-order valence-corrected chi connectivity index (χ4v) is 2.15. The fraction of sp³-hybridized carbons (Fsp3) is 0.214. The van der Waals surface area contributed by atoms with Crippen LogP contribution in [0.25, 0.3) is 5.69 Å². The van der Waals surface area contributed by atoms with Crippen molar-refractivity contribution in [3.63, 3.8) is 0 Å². The second-order valence-corrected chi connectivity index (χ2v) is 4.71. The Morgan fingerprint density at radius 1 is 1.30 bits per heavy atom. The van der Waals surface area contributed by atoms with Gasteiger partial charge in [-0.15, -0.1) is 0 Å². The molecule has 6 nitrogen and oxygen atoms in total. The molecule has 1 aliphatic heterocycles. The number of aliphatic imine (C=N–C) groups is 1. The fourth-order valence-electron chi connectivity index (χ4n) is 2.15. The van der Waals surface area contributed by atoms with Crippen molar-refractivity contribution >= 4 is 11.9 Å². The van der Waals surface area contributed by atoms with Crippen LogP contribution in [0.2, 0.25) is 0 Å². The zero-order valence-electron chi connectivity index (χ0n) is 11.1. The van der Waals surface area contributed by atoms with Gasteiger partial charge in [0, 0.05) is 18.8 Å². The number of hydrogen-bond donors (Lipinski definition) is 1. The average Bonchev–Trinajstić information content (AvgIpc) is 2.95. The summed E-state index contributed by atoms with van der Waals surface area (Å²) in [5.74, 6) is 0.216. The first-order valence-electron chi connectivity index (χ1n) is 6.35. The second-order valence-electron chi connectivity index (χ2n) is 4.71. The number of hydrogen-bond acceptors (Lipinski definition) is 4. The van der Waals surface area contributed by atoms with E-state index in [4.69, 9.17) is 5.73 Å². The first kappa shape index (κ1) is 12.4. The molecule has 2 heterocycles. The molecule has 20 heavy (non-hydrogen) atoms. The van der Waals surface area contributed by atoms with E-state index in [1.807, 2.05) is 36.5 Å². The molecule has 0 saturated heterocycles. The van der Waals surface area contributed by atoms with Crippen LogP contribution in [-0.2, 0) is 4.79 Å². The summed E-state index contributed by atoms with van der Waals surface area (Å²) in [6.45, 7) is 0. The van der Waals surface area contributed by atoms with Gasteiger partial charge in [0.2, 0.25) is 5.91 Å². The molecule has 0 fully saturated rings. The summed E-state index contributed by atoms with van der Waals surface area (Å²) in [7, 11) is 1.63. The number of para-hydroxylation sites is 1. The van der Waals surface area contributed by atoms with Crippen LogP contribution in [0.1, 0.15) is 18.0 Å². The van der Waals surface area contributed by atoms with Crippen molar-refractivity contribution in [1.29, 1.82) is 0 Å². The van der Waals surface area contributed by atoms with Crippen LogP contribution in [-0.4, -0.2) is 33.6 Å². The largest absolute Gasteiger partial charge is 0.369 e. The van der Waals surface area contributed by atoms with Crippen molar-refractivity contribution in [1.82, 2.24) is 14.7 Å². The third kappa shape index (κ3) is 2.16. The predicted molar refractivity (Wildman–Crippen MR) is 75.3 cm³/mol. The van der Waals surface area contributed by atoms with E-state index in [1.54, 1.807) is 17.9 Å². The molecular formula is C14H15N5O. The summed E-state index contributed by atoms with van der Waals surface area (Å²) in [6, 6.07) is 9.53. The number of benzene rings is 1. The minimum absolute atomic E-state index is 0.0324. The molecule has 1 aliphatic rings. The Labute approximate surface area is 116 Å². The van der Waals surface area contributed by atoms with Gasteiger partial charge >= 0.3 is 0 Å². The summed E-state index contributed by atoms with van der Waals surface area (Å²) in [6.07, 6.45) is 3.93. The number of guanidine groups is 1. The lowest BCUT2D eigenvalue weighted by molar-refractivity contribution is -0.127. The maximum Gasteiger partial charge on any atom is 0.231 e. The van der Waals surface area contributed by atoms with E-state index >= 15 is 0 Å². The van der Waals surface area contributed by atoms with Gasteiger partial charge in [0.1, 0.15) is 0 Å². The first-order chi connectivity index (χ1) is 9.65. The third-order valence-corrected chi connectivity index (χ3v) is 3.38. The van der Waals surface area contributed by atoms with E-state index in [9.17, 15) is 4.79 Å². The van der Waals surface area contributed by atoms with Crippen LogP contribution in [0.4, 0.5) is 0 Å². The van der Waals surface area contributed by atoms with E-state index in [0.29, 0.717) is 6.42 Å². The van der Waals surface area contributed by atoms with E-state index in [1.165, 1.54) is 4.90 Å². The summed E-state index contributed by atoms with van der Waals surface area (Å²) < 4.78 is 1.77. The number of aromatic nitrogens is 2. The molecule has 6 heteroatoms. The maximum absolute atomic E-state index is 11.8. The Balaban J connectivity index is 1.90. The van der Waals surface area contributed by atoms with Gasteiger partial charge in [-0.2, -0.15) is 5.10 Å². The highest BCUT2D eigenvalue weighted by atomic mass is 16.2. The van der Waals surface area contributed by atoms with Crippen LogP contribution in [0.15, 0.2) is 47.7 Å². The molecule has 1 aromatic carbocycles. The SMILES string of the molecule is CN1C(=O)C[C@@H](c2cnn(-c3ccccc3)c2)N=C1N. The number of carbonyl (C=O) groups is 1. The molecule has 0 radical (unpaired) electrons. The number of amides is 1. The zero-order chi connectivity index (χ0) is 14.1. The zero-order valence-corrected chi connectivity index (χ0v) is 11.1. The van der Waals surface area contributed by atoms with E-state index < -0.39 is 0 Å². The Morgan fingerprint density at radius 3 is 2.75 bits per heavy atom. The molecule has 3 rings (SSSR count). The van der Waals surface area contributed by atoms with Gasteiger partial charge in [0.15, 0.2) is 5.96 Å². The molecule has 2 N–H and O–H groups in total. The number of nitrogens with zero attached hydrogens (tertiary/aromatic N) is 4. The Hall–Kier alpha value is -2.63. The van der Waals surface area contributed by atoms with Gasteiger partial charge in [-0.05, 0) is 12.1 Å². The lowest BCUT2D eigenvalue weighted by Crippen LogP contribution is -2.42. The Kier molecular flexibility index (Phi) is 2.98. The highest BCUT2D eigenvalue weighted by Gasteiger charge is 2.26. The molecular weight excluding hydrogens is 254 g/mol. The van der Waals surface area contributed by atoms with Crippen molar-refractivity contribution in [2.45, 2.75) is 12.5 Å². The molecule has 102 valence electrons. The van der Waals surface area contributed by atoms with Crippen molar-refractivity contribution in [3.05, 3.63) is 48.3 Å². The summed E-state index contributed by atoms with van der Waals surface area (Å²) in [4.78, 5) is 17.5. The molecule has 0 aliphatic carbocycles. The monoisotopic (exact) mass is 269 g/mol. The van der Waals surface area contributed by atoms with Gasteiger partial charge in [-0.3, -0.25) is 9.69 Å². The van der Waals surface area contributed by atoms with Gasteiger partial charge in [-0.25, -0.2) is 9.67 Å². The van der Waals surface area contributed by atoms with Crippen LogP contribution >= 0.6 is 0 Å². The first-order valence-corrected chi connectivity index (χ1v) is 6.35. The van der Waals surface area contributed by atoms with Crippen LogP contribution in [0, 0.1) is 0 Å². The molecule has 0 spiro atoms. The predicted octanol–water partition coefficient (Wildman–Crippen LogP) is 1.09. The standard InChI is InChI=1S/C14H15N5O/c1-18-13(20)7-12(17-14(18)15)10-8-16-19(9-10)11-5-3-2-4-6-11/h2-6,8-9,12H,7H2,1H3,(H2,15,17)/t12-/m0/s1. The lowest BCUT2D eigenvalue weighted by atomic mass is 10.1.